The average Bonchev–Trinajstić information content (AvgIpc) is 3.56. The maximum Gasteiger partial charge on any atom is 0.104 e. The molecule has 2 fully saturated rings. The van der Waals surface area contributed by atoms with Gasteiger partial charge in [0.1, 0.15) is 6.61 Å². The summed E-state index contributed by atoms with van der Waals surface area (Å²) >= 11 is 1.54. The predicted octanol–water partition coefficient (Wildman–Crippen LogP) is 6.37. The van der Waals surface area contributed by atoms with Crippen molar-refractivity contribution in [1.29, 1.82) is 0 Å². The van der Waals surface area contributed by atoms with Gasteiger partial charge in [0.15, 0.2) is 0 Å². The molecular formula is C35H66N2O3S. The second-order valence-electron chi connectivity index (χ2n) is 12.9. The molecule has 0 radical (unpaired) electrons. The summed E-state index contributed by atoms with van der Waals surface area (Å²) in [5.41, 5.74) is 0.197. The molecule has 0 bridgehead atoms. The number of likely N-dealkylation sites (tertiary alicyclic amines) is 2. The van der Waals surface area contributed by atoms with Gasteiger partial charge in [-0.2, -0.15) is 0 Å². The summed E-state index contributed by atoms with van der Waals surface area (Å²) in [6.07, 6.45) is 6.17. The summed E-state index contributed by atoms with van der Waals surface area (Å²) in [4.78, 5) is 4.99. The van der Waals surface area contributed by atoms with Gasteiger partial charge in [-0.15, -0.1) is 23.6 Å². The Kier molecular flexibility index (Phi) is 31.2. The molecule has 0 aromatic heterocycles. The first-order valence-corrected chi connectivity index (χ1v) is 16.4. The van der Waals surface area contributed by atoms with Gasteiger partial charge in [-0.25, -0.2) is 0 Å². The maximum atomic E-state index is 8.26. The van der Waals surface area contributed by atoms with E-state index < -0.39 is 0 Å². The van der Waals surface area contributed by atoms with Crippen molar-refractivity contribution in [3.63, 3.8) is 0 Å². The van der Waals surface area contributed by atoms with E-state index in [2.05, 4.69) is 93.8 Å². The fourth-order valence-corrected chi connectivity index (χ4v) is 3.77. The summed E-state index contributed by atoms with van der Waals surface area (Å²) < 4.78 is 0. The highest BCUT2D eigenvalue weighted by Gasteiger charge is 2.11. The molecule has 5 nitrogen and oxygen atoms in total. The lowest BCUT2D eigenvalue weighted by Gasteiger charge is -2.16. The Morgan fingerprint density at radius 3 is 1.44 bits per heavy atom. The van der Waals surface area contributed by atoms with E-state index in [1.165, 1.54) is 58.4 Å². The van der Waals surface area contributed by atoms with Crippen LogP contribution in [0, 0.1) is 52.3 Å². The van der Waals surface area contributed by atoms with Crippen LogP contribution in [0.3, 0.4) is 0 Å². The highest BCUT2D eigenvalue weighted by Crippen LogP contribution is 2.11. The minimum atomic E-state index is -0.0305. The Balaban J connectivity index is -0.000000453. The van der Waals surface area contributed by atoms with Crippen LogP contribution in [0.5, 0.6) is 0 Å². The molecule has 240 valence electrons. The molecule has 2 aliphatic heterocycles. The molecule has 0 aromatic rings. The molecule has 0 aromatic carbocycles. The predicted molar refractivity (Wildman–Crippen MR) is 183 cm³/mol. The molecule has 2 saturated heterocycles. The highest BCUT2D eigenvalue weighted by atomic mass is 32.2. The molecule has 6 heteroatoms. The lowest BCUT2D eigenvalue weighted by molar-refractivity contribution is 0.298. The molecule has 41 heavy (non-hydrogen) atoms. The molecule has 0 aliphatic carbocycles. The number of nitrogens with zero attached hydrogens (tertiary/aromatic N) is 2. The lowest BCUT2D eigenvalue weighted by Crippen LogP contribution is -2.23. The third kappa shape index (κ3) is 43.4. The Bertz CT molecular complexity index is 753. The molecule has 3 N–H and O–H groups in total. The van der Waals surface area contributed by atoms with Crippen molar-refractivity contribution in [2.24, 2.45) is 16.7 Å². The normalized spacial score (nSPS) is 14.6. The van der Waals surface area contributed by atoms with Gasteiger partial charge in [0.25, 0.3) is 0 Å². The minimum Gasteiger partial charge on any atom is -0.395 e. The van der Waals surface area contributed by atoms with Crippen molar-refractivity contribution in [3.05, 3.63) is 0 Å². The molecule has 2 heterocycles. The molecule has 0 amide bonds. The Hall–Kier alpha value is -1.17. The van der Waals surface area contributed by atoms with Crippen LogP contribution in [0.4, 0.5) is 0 Å². The van der Waals surface area contributed by atoms with E-state index in [1.54, 1.807) is 18.7 Å². The van der Waals surface area contributed by atoms with Crippen LogP contribution in [0.25, 0.3) is 0 Å². The zero-order valence-electron chi connectivity index (χ0n) is 28.7. The molecule has 0 unspecified atom stereocenters. The average molecular weight is 595 g/mol. The molecule has 0 atom stereocenters. The minimum absolute atomic E-state index is 0.0305. The summed E-state index contributed by atoms with van der Waals surface area (Å²) in [7, 11) is 0. The smallest absolute Gasteiger partial charge is 0.104 e. The number of rotatable bonds is 6. The Labute approximate surface area is 260 Å². The number of aliphatic hydroxyl groups is 3. The first-order chi connectivity index (χ1) is 19.1. The molecule has 2 aliphatic rings. The van der Waals surface area contributed by atoms with E-state index in [1.807, 2.05) is 20.8 Å². The van der Waals surface area contributed by atoms with Gasteiger partial charge < -0.3 is 20.2 Å². The second kappa shape index (κ2) is 28.9. The first kappa shape index (κ1) is 44.3. The monoisotopic (exact) mass is 594 g/mol. The Morgan fingerprint density at radius 2 is 1.17 bits per heavy atom. The topological polar surface area (TPSA) is 67.2 Å². The summed E-state index contributed by atoms with van der Waals surface area (Å²) in [6, 6.07) is 0. The standard InChI is InChI=1S/C11H19N.C8H17N.C7H12O.C5H8O.C4H10OS/c1-11(2,3)7-6-10-12-8-4-5-9-12;1-8(2)7-9-5-3-4-6-9;1-7(2,3)5-4-6-8;1-2-3-4-5-6;1-4(2)6-3-5/h4-5,8-10H2,1-3H3;8H,3-7H2,1-2H3;8H,6H2,1-3H3;6H,4-5H2,1H3;4-5H,3H2,1-2H3. The van der Waals surface area contributed by atoms with Gasteiger partial charge in [0, 0.05) is 29.0 Å². The van der Waals surface area contributed by atoms with Gasteiger partial charge in [-0.05, 0) is 106 Å². The van der Waals surface area contributed by atoms with Gasteiger partial charge in [-0.1, -0.05) is 51.4 Å². The van der Waals surface area contributed by atoms with E-state index >= 15 is 0 Å². The number of hydrogen-bond donors (Lipinski definition) is 3. The van der Waals surface area contributed by atoms with Gasteiger partial charge in [0.2, 0.25) is 0 Å². The van der Waals surface area contributed by atoms with Gasteiger partial charge in [0.05, 0.1) is 19.1 Å². The zero-order valence-corrected chi connectivity index (χ0v) is 29.5. The van der Waals surface area contributed by atoms with Crippen molar-refractivity contribution < 1.29 is 15.3 Å². The van der Waals surface area contributed by atoms with Crippen LogP contribution in [-0.2, 0) is 0 Å². The van der Waals surface area contributed by atoms with Crippen molar-refractivity contribution in [2.45, 2.75) is 114 Å². The third-order valence-corrected chi connectivity index (χ3v) is 5.97. The third-order valence-electron chi connectivity index (χ3n) is 5.15. The SMILES string of the molecule is CC#CCCO.CC(C)(C)C#CCN1CCCC1.CC(C)(C)C#CCO.CC(C)CN1CCCC1.CC(C)SCO. The van der Waals surface area contributed by atoms with E-state index in [9.17, 15) is 0 Å². The van der Waals surface area contributed by atoms with E-state index in [0.717, 1.165) is 12.5 Å². The van der Waals surface area contributed by atoms with Crippen LogP contribution in [0.1, 0.15) is 108 Å². The molecule has 0 saturated carbocycles. The summed E-state index contributed by atoms with van der Waals surface area (Å²) in [5, 5.41) is 25.1. The highest BCUT2D eigenvalue weighted by molar-refractivity contribution is 7.99. The van der Waals surface area contributed by atoms with E-state index in [-0.39, 0.29) is 30.0 Å². The summed E-state index contributed by atoms with van der Waals surface area (Å²) in [6.45, 7) is 30.6. The van der Waals surface area contributed by atoms with E-state index in [0.29, 0.717) is 11.7 Å². The fourth-order valence-electron chi connectivity index (χ4n) is 3.47. The van der Waals surface area contributed by atoms with E-state index in [4.69, 9.17) is 15.3 Å². The molecule has 0 spiro atoms. The van der Waals surface area contributed by atoms with Crippen LogP contribution in [0.2, 0.25) is 0 Å². The largest absolute Gasteiger partial charge is 0.395 e. The Morgan fingerprint density at radius 1 is 0.707 bits per heavy atom. The number of aliphatic hydroxyl groups excluding tert-OH is 3. The first-order valence-electron chi connectivity index (χ1n) is 15.4. The lowest BCUT2D eigenvalue weighted by atomic mass is 9.98. The number of hydrogen-bond acceptors (Lipinski definition) is 6. The second-order valence-corrected chi connectivity index (χ2v) is 14.4. The summed E-state index contributed by atoms with van der Waals surface area (Å²) in [5.74, 6) is 18.4. The van der Waals surface area contributed by atoms with Crippen molar-refractivity contribution in [3.8, 4) is 35.5 Å². The van der Waals surface area contributed by atoms with Crippen molar-refractivity contribution in [1.82, 2.24) is 9.80 Å². The van der Waals surface area contributed by atoms with Gasteiger partial charge in [-0.3, -0.25) is 4.90 Å². The molecule has 2 rings (SSSR count). The fraction of sp³-hybridized carbons (Fsp3) is 0.829. The van der Waals surface area contributed by atoms with Crippen LogP contribution >= 0.6 is 11.8 Å². The van der Waals surface area contributed by atoms with Gasteiger partial charge >= 0.3 is 0 Å². The van der Waals surface area contributed by atoms with Crippen LogP contribution < -0.4 is 0 Å². The maximum absolute atomic E-state index is 8.26. The number of thioether (sulfide) groups is 1. The van der Waals surface area contributed by atoms with Crippen LogP contribution in [0.15, 0.2) is 0 Å². The quantitative estimate of drug-likeness (QED) is 0.245. The van der Waals surface area contributed by atoms with Crippen LogP contribution in [-0.4, -0.2) is 88.8 Å². The molecular weight excluding hydrogens is 528 g/mol. The zero-order chi connectivity index (χ0) is 32.2. The van der Waals surface area contributed by atoms with Crippen molar-refractivity contribution in [2.75, 3.05) is 58.4 Å². The van der Waals surface area contributed by atoms with Crippen molar-refractivity contribution >= 4 is 11.8 Å².